The number of carbonyl (C=O) groups excluding carboxylic acids is 1. The third-order valence-electron chi connectivity index (χ3n) is 9.29. The molecule has 4 aromatic carbocycles. The fourth-order valence-corrected chi connectivity index (χ4v) is 7.61. The minimum atomic E-state index is 0.139. The van der Waals surface area contributed by atoms with Gasteiger partial charge in [0.05, 0.1) is 0 Å². The van der Waals surface area contributed by atoms with Gasteiger partial charge in [-0.3, -0.25) is 4.79 Å². The Balaban J connectivity index is 1.20. The molecule has 1 heteroatoms. The standard InChI is InChI=1S/C37H24O/c38-37-31(27-15-11-25-9-7-21-3-1-5-23-13-17-29(27)35(25)33(21)23)19-20-32(37)28-16-12-26-10-8-22-4-2-6-24-14-18-30(28)36(26)34(22)24/h1-18,29-30H,19-20H2. The molecule has 0 aromatic heterocycles. The van der Waals surface area contributed by atoms with Crippen LogP contribution in [0.2, 0.25) is 0 Å². The molecule has 0 bridgehead atoms. The Hall–Kier alpha value is -4.49. The Kier molecular flexibility index (Phi) is 3.95. The van der Waals surface area contributed by atoms with Crippen LogP contribution < -0.4 is 0 Å². The second-order valence-electron chi connectivity index (χ2n) is 11.1. The SMILES string of the molecule is O=C1C(=C2C=Cc3ccc4cccc5c4c3C2C=C5)CCC1=C1C=Cc2ccc3cccc4c3c2C1C=C4. The molecule has 1 saturated carbocycles. The van der Waals surface area contributed by atoms with Crippen molar-refractivity contribution in [3.05, 3.63) is 141 Å². The van der Waals surface area contributed by atoms with Crippen LogP contribution >= 0.6 is 0 Å². The zero-order valence-corrected chi connectivity index (χ0v) is 20.9. The van der Waals surface area contributed by atoms with E-state index in [1.54, 1.807) is 0 Å². The van der Waals surface area contributed by atoms with Gasteiger partial charge in [0.2, 0.25) is 0 Å². The van der Waals surface area contributed by atoms with Crippen molar-refractivity contribution in [2.24, 2.45) is 0 Å². The molecule has 5 aliphatic rings. The maximum atomic E-state index is 14.2. The Bertz CT molecular complexity index is 1840. The van der Waals surface area contributed by atoms with E-state index >= 15 is 0 Å². The zero-order chi connectivity index (χ0) is 25.0. The first-order valence-electron chi connectivity index (χ1n) is 13.6. The van der Waals surface area contributed by atoms with Crippen molar-refractivity contribution in [1.82, 2.24) is 0 Å². The molecule has 1 fully saturated rings. The predicted molar refractivity (Wildman–Crippen MR) is 158 cm³/mol. The smallest absolute Gasteiger partial charge is 0.185 e. The second-order valence-corrected chi connectivity index (χ2v) is 11.1. The molecule has 0 amide bonds. The van der Waals surface area contributed by atoms with Gasteiger partial charge in [-0.1, -0.05) is 109 Å². The number of ketones is 1. The number of rotatable bonds is 0. The van der Waals surface area contributed by atoms with Crippen molar-refractivity contribution in [2.45, 2.75) is 24.7 Å². The number of carbonyl (C=O) groups is 1. The minimum absolute atomic E-state index is 0.139. The van der Waals surface area contributed by atoms with Crippen LogP contribution in [0.25, 0.3) is 45.8 Å². The van der Waals surface area contributed by atoms with Crippen molar-refractivity contribution in [3.8, 4) is 0 Å². The van der Waals surface area contributed by atoms with Crippen LogP contribution in [0.15, 0.2) is 107 Å². The fourth-order valence-electron chi connectivity index (χ4n) is 7.61. The van der Waals surface area contributed by atoms with Crippen molar-refractivity contribution < 1.29 is 4.79 Å². The van der Waals surface area contributed by atoms with Gasteiger partial charge in [0.15, 0.2) is 5.78 Å². The van der Waals surface area contributed by atoms with Crippen molar-refractivity contribution >= 4 is 51.6 Å². The third-order valence-corrected chi connectivity index (χ3v) is 9.29. The highest BCUT2D eigenvalue weighted by atomic mass is 16.1. The molecule has 178 valence electrons. The first kappa shape index (κ1) is 20.6. The van der Waals surface area contributed by atoms with E-state index in [4.69, 9.17) is 0 Å². The number of hydrogen-bond donors (Lipinski definition) is 0. The molecule has 38 heavy (non-hydrogen) atoms. The van der Waals surface area contributed by atoms with Crippen molar-refractivity contribution in [2.75, 3.05) is 0 Å². The maximum Gasteiger partial charge on any atom is 0.185 e. The van der Waals surface area contributed by atoms with Gasteiger partial charge in [-0.05, 0) is 78.9 Å². The van der Waals surface area contributed by atoms with E-state index < -0.39 is 0 Å². The van der Waals surface area contributed by atoms with Crippen LogP contribution in [0.4, 0.5) is 0 Å². The van der Waals surface area contributed by atoms with E-state index in [2.05, 4.69) is 109 Å². The molecular formula is C37H24O. The molecule has 0 N–H and O–H groups in total. The molecule has 2 unspecified atom stereocenters. The quantitative estimate of drug-likeness (QED) is 0.228. The summed E-state index contributed by atoms with van der Waals surface area (Å²) in [5, 5.41) is 5.23. The van der Waals surface area contributed by atoms with Gasteiger partial charge < -0.3 is 0 Å². The molecule has 1 nitrogen and oxygen atoms in total. The Morgan fingerprint density at radius 2 is 1.00 bits per heavy atom. The molecule has 2 atom stereocenters. The lowest BCUT2D eigenvalue weighted by molar-refractivity contribution is -0.111. The average Bonchev–Trinajstić information content (AvgIpc) is 3.35. The molecule has 5 aliphatic carbocycles. The number of allylic oxidation sites excluding steroid dienone is 8. The topological polar surface area (TPSA) is 17.1 Å². The third kappa shape index (κ3) is 2.59. The number of benzene rings is 4. The average molecular weight is 485 g/mol. The van der Waals surface area contributed by atoms with Crippen LogP contribution in [0.1, 0.15) is 58.1 Å². The summed E-state index contributed by atoms with van der Waals surface area (Å²) in [6.07, 6.45) is 19.6. The van der Waals surface area contributed by atoms with Gasteiger partial charge in [-0.25, -0.2) is 0 Å². The Labute approximate surface area is 221 Å². The summed E-state index contributed by atoms with van der Waals surface area (Å²) in [5.41, 5.74) is 12.2. The van der Waals surface area contributed by atoms with Gasteiger partial charge in [-0.15, -0.1) is 0 Å². The number of hydrogen-bond acceptors (Lipinski definition) is 1. The minimum Gasteiger partial charge on any atom is -0.289 e. The van der Waals surface area contributed by atoms with E-state index in [0.29, 0.717) is 0 Å². The van der Waals surface area contributed by atoms with Crippen LogP contribution in [0, 0.1) is 0 Å². The molecule has 0 heterocycles. The second kappa shape index (κ2) is 7.30. The maximum absolute atomic E-state index is 14.2. The lowest BCUT2D eigenvalue weighted by Crippen LogP contribution is -2.14. The van der Waals surface area contributed by atoms with E-state index in [1.807, 2.05) is 0 Å². The first-order valence-corrected chi connectivity index (χ1v) is 13.6. The van der Waals surface area contributed by atoms with Gasteiger partial charge in [0.1, 0.15) is 0 Å². The van der Waals surface area contributed by atoms with Crippen LogP contribution in [-0.2, 0) is 4.79 Å². The Morgan fingerprint density at radius 1 is 0.500 bits per heavy atom. The zero-order valence-electron chi connectivity index (χ0n) is 20.9. The molecule has 0 saturated heterocycles. The molecule has 0 radical (unpaired) electrons. The lowest BCUT2D eigenvalue weighted by Gasteiger charge is -2.29. The number of Topliss-reactive ketones (excluding diaryl/α,β-unsaturated/α-hetero) is 1. The van der Waals surface area contributed by atoms with Crippen LogP contribution in [0.3, 0.4) is 0 Å². The summed E-state index contributed by atoms with van der Waals surface area (Å²) in [5.74, 6) is 0.524. The lowest BCUT2D eigenvalue weighted by atomic mass is 9.74. The monoisotopic (exact) mass is 484 g/mol. The molecule has 0 aliphatic heterocycles. The highest BCUT2D eigenvalue weighted by Crippen LogP contribution is 2.50. The van der Waals surface area contributed by atoms with E-state index in [-0.39, 0.29) is 17.6 Å². The Morgan fingerprint density at radius 3 is 1.50 bits per heavy atom. The normalized spacial score (nSPS) is 25.7. The van der Waals surface area contributed by atoms with Crippen LogP contribution in [0.5, 0.6) is 0 Å². The largest absolute Gasteiger partial charge is 0.289 e. The van der Waals surface area contributed by atoms with E-state index in [0.717, 1.165) is 24.0 Å². The van der Waals surface area contributed by atoms with E-state index in [1.165, 1.54) is 66.1 Å². The highest BCUT2D eigenvalue weighted by molar-refractivity contribution is 6.14. The summed E-state index contributed by atoms with van der Waals surface area (Å²) in [4.78, 5) is 14.2. The summed E-state index contributed by atoms with van der Waals surface area (Å²) in [7, 11) is 0. The van der Waals surface area contributed by atoms with E-state index in [9.17, 15) is 4.79 Å². The van der Waals surface area contributed by atoms with Gasteiger partial charge in [0.25, 0.3) is 0 Å². The summed E-state index contributed by atoms with van der Waals surface area (Å²) >= 11 is 0. The van der Waals surface area contributed by atoms with Gasteiger partial charge >= 0.3 is 0 Å². The van der Waals surface area contributed by atoms with Gasteiger partial charge in [0, 0.05) is 23.0 Å². The predicted octanol–water partition coefficient (Wildman–Crippen LogP) is 8.92. The molecule has 0 spiro atoms. The molecular weight excluding hydrogens is 460 g/mol. The highest BCUT2D eigenvalue weighted by Gasteiger charge is 2.36. The fraction of sp³-hybridized carbons (Fsp3) is 0.108. The first-order chi connectivity index (χ1) is 18.8. The van der Waals surface area contributed by atoms with Crippen LogP contribution in [-0.4, -0.2) is 5.78 Å². The van der Waals surface area contributed by atoms with Gasteiger partial charge in [-0.2, -0.15) is 0 Å². The molecule has 4 aromatic rings. The molecule has 9 rings (SSSR count). The van der Waals surface area contributed by atoms with Crippen molar-refractivity contribution in [1.29, 1.82) is 0 Å². The summed E-state index contributed by atoms with van der Waals surface area (Å²) in [6.45, 7) is 0. The summed E-state index contributed by atoms with van der Waals surface area (Å²) < 4.78 is 0. The van der Waals surface area contributed by atoms with Crippen molar-refractivity contribution in [3.63, 3.8) is 0 Å². The summed E-state index contributed by atoms with van der Waals surface area (Å²) in [6, 6.07) is 22.0.